The number of oxime groups is 1. The van der Waals surface area contributed by atoms with Gasteiger partial charge in [0.2, 0.25) is 0 Å². The van der Waals surface area contributed by atoms with Crippen molar-refractivity contribution in [2.24, 2.45) is 5.16 Å². The quantitative estimate of drug-likeness (QED) is 0.570. The van der Waals surface area contributed by atoms with E-state index in [2.05, 4.69) is 5.16 Å². The molecule has 1 aliphatic heterocycles. The molecule has 1 heterocycles. The maximum absolute atomic E-state index is 7.14. The molecule has 5 heteroatoms. The second-order valence-corrected chi connectivity index (χ2v) is 3.55. The lowest BCUT2D eigenvalue weighted by Gasteiger charge is -2.07. The van der Waals surface area contributed by atoms with Crippen LogP contribution in [0.3, 0.4) is 0 Å². The SMILES string of the molecule is N=C(I)C1=NOCCS1. The molecule has 0 bridgehead atoms. The number of hydrogen-bond donors (Lipinski definition) is 1. The van der Waals surface area contributed by atoms with Gasteiger partial charge in [-0.1, -0.05) is 16.9 Å². The minimum atomic E-state index is 0.456. The Morgan fingerprint density at radius 3 is 3.00 bits per heavy atom. The van der Waals surface area contributed by atoms with Crippen LogP contribution in [-0.4, -0.2) is 21.1 Å². The first kappa shape index (κ1) is 7.33. The zero-order chi connectivity index (χ0) is 6.69. The minimum absolute atomic E-state index is 0.456. The average molecular weight is 256 g/mol. The number of rotatable bonds is 1. The van der Waals surface area contributed by atoms with E-state index in [0.717, 1.165) is 5.75 Å². The van der Waals surface area contributed by atoms with Crippen molar-refractivity contribution in [3.05, 3.63) is 0 Å². The Bertz CT molecular complexity index is 159. The minimum Gasteiger partial charge on any atom is -0.394 e. The Morgan fingerprint density at radius 1 is 1.89 bits per heavy atom. The van der Waals surface area contributed by atoms with Crippen molar-refractivity contribution in [1.29, 1.82) is 5.41 Å². The lowest BCUT2D eigenvalue weighted by Crippen LogP contribution is -2.10. The Balaban J connectivity index is 2.57. The number of thioether (sulfide) groups is 1. The van der Waals surface area contributed by atoms with Crippen LogP contribution >= 0.6 is 34.4 Å². The molecule has 0 spiro atoms. The predicted octanol–water partition coefficient (Wildman–Crippen LogP) is 1.48. The van der Waals surface area contributed by atoms with Crippen LogP contribution in [0.4, 0.5) is 0 Å². The van der Waals surface area contributed by atoms with E-state index in [-0.39, 0.29) is 0 Å². The third-order valence-electron chi connectivity index (χ3n) is 0.749. The molecule has 0 atom stereocenters. The fourth-order valence-corrected chi connectivity index (χ4v) is 1.56. The summed E-state index contributed by atoms with van der Waals surface area (Å²) in [5, 5.41) is 11.5. The Labute approximate surface area is 70.9 Å². The number of hydrogen-bond acceptors (Lipinski definition) is 4. The molecule has 0 radical (unpaired) electrons. The van der Waals surface area contributed by atoms with Crippen LogP contribution in [0.5, 0.6) is 0 Å². The molecular formula is C4H5IN2OS. The molecule has 0 amide bonds. The molecule has 0 aromatic heterocycles. The lowest BCUT2D eigenvalue weighted by molar-refractivity contribution is 0.161. The number of nitrogens with zero attached hydrogens (tertiary/aromatic N) is 1. The van der Waals surface area contributed by atoms with Gasteiger partial charge in [0.05, 0.1) is 0 Å². The van der Waals surface area contributed by atoms with Gasteiger partial charge in [0, 0.05) is 5.75 Å². The molecule has 0 aliphatic carbocycles. The summed E-state index contributed by atoms with van der Waals surface area (Å²) < 4.78 is 0.456. The summed E-state index contributed by atoms with van der Waals surface area (Å²) in [4.78, 5) is 4.76. The zero-order valence-corrected chi connectivity index (χ0v) is 7.53. The van der Waals surface area contributed by atoms with Crippen molar-refractivity contribution in [3.63, 3.8) is 0 Å². The second-order valence-electron chi connectivity index (χ2n) is 1.39. The van der Waals surface area contributed by atoms with E-state index < -0.39 is 0 Å². The van der Waals surface area contributed by atoms with Gasteiger partial charge < -0.3 is 4.84 Å². The molecule has 0 saturated heterocycles. The van der Waals surface area contributed by atoms with Crippen molar-refractivity contribution in [2.75, 3.05) is 12.4 Å². The highest BCUT2D eigenvalue weighted by Crippen LogP contribution is 2.13. The Kier molecular flexibility index (Phi) is 2.77. The van der Waals surface area contributed by atoms with Gasteiger partial charge in [-0.2, -0.15) is 0 Å². The molecular weight excluding hydrogens is 251 g/mol. The summed E-state index contributed by atoms with van der Waals surface area (Å²) in [6, 6.07) is 0. The van der Waals surface area contributed by atoms with Crippen molar-refractivity contribution >= 4 is 43.1 Å². The first-order valence-electron chi connectivity index (χ1n) is 2.38. The molecule has 0 fully saturated rings. The number of halogens is 1. The molecule has 9 heavy (non-hydrogen) atoms. The van der Waals surface area contributed by atoms with Crippen LogP contribution in [0.1, 0.15) is 0 Å². The summed E-state index contributed by atoms with van der Waals surface area (Å²) >= 11 is 3.48. The van der Waals surface area contributed by atoms with E-state index in [0.29, 0.717) is 15.4 Å². The molecule has 0 saturated carbocycles. The summed E-state index contributed by atoms with van der Waals surface area (Å²) in [5.41, 5.74) is 0. The first-order chi connectivity index (χ1) is 4.30. The van der Waals surface area contributed by atoms with Gasteiger partial charge in [0.15, 0.2) is 5.04 Å². The Morgan fingerprint density at radius 2 is 2.67 bits per heavy atom. The van der Waals surface area contributed by atoms with E-state index in [1.54, 1.807) is 11.8 Å². The van der Waals surface area contributed by atoms with Crippen molar-refractivity contribution in [3.8, 4) is 0 Å². The van der Waals surface area contributed by atoms with Crippen LogP contribution in [0.25, 0.3) is 0 Å². The van der Waals surface area contributed by atoms with Gasteiger partial charge in [-0.25, -0.2) is 0 Å². The zero-order valence-electron chi connectivity index (χ0n) is 4.56. The third kappa shape index (κ3) is 2.13. The third-order valence-corrected chi connectivity index (χ3v) is 2.55. The van der Waals surface area contributed by atoms with Crippen LogP contribution < -0.4 is 0 Å². The molecule has 1 aliphatic rings. The highest BCUT2D eigenvalue weighted by atomic mass is 127. The van der Waals surface area contributed by atoms with E-state index in [9.17, 15) is 0 Å². The molecule has 0 aromatic rings. The first-order valence-corrected chi connectivity index (χ1v) is 4.44. The van der Waals surface area contributed by atoms with E-state index in [1.165, 1.54) is 0 Å². The predicted molar refractivity (Wildman–Crippen MR) is 47.6 cm³/mol. The van der Waals surface area contributed by atoms with Gasteiger partial charge in [-0.05, 0) is 22.6 Å². The second kappa shape index (κ2) is 3.40. The standard InChI is InChI=1S/C4H5IN2OS/c5-3(6)4-7-8-1-2-9-4/h6H,1-2H2. The molecule has 1 N–H and O–H groups in total. The number of nitrogens with one attached hydrogen (secondary N) is 1. The van der Waals surface area contributed by atoms with Gasteiger partial charge in [0.25, 0.3) is 0 Å². The van der Waals surface area contributed by atoms with Crippen molar-refractivity contribution in [1.82, 2.24) is 0 Å². The highest BCUT2D eigenvalue weighted by Gasteiger charge is 2.09. The fourth-order valence-electron chi connectivity index (χ4n) is 0.410. The normalized spacial score (nSPS) is 18.1. The highest BCUT2D eigenvalue weighted by molar-refractivity contribution is 14.1. The van der Waals surface area contributed by atoms with Gasteiger partial charge in [0.1, 0.15) is 10.3 Å². The van der Waals surface area contributed by atoms with Gasteiger partial charge in [-0.3, -0.25) is 5.41 Å². The largest absolute Gasteiger partial charge is 0.394 e. The maximum atomic E-state index is 7.14. The smallest absolute Gasteiger partial charge is 0.167 e. The van der Waals surface area contributed by atoms with E-state index in [1.807, 2.05) is 22.6 Å². The van der Waals surface area contributed by atoms with Gasteiger partial charge >= 0.3 is 0 Å². The topological polar surface area (TPSA) is 45.4 Å². The summed E-state index contributed by atoms with van der Waals surface area (Å²) in [7, 11) is 0. The molecule has 50 valence electrons. The van der Waals surface area contributed by atoms with Crippen LogP contribution in [-0.2, 0) is 4.84 Å². The van der Waals surface area contributed by atoms with Crippen LogP contribution in [0.15, 0.2) is 5.16 Å². The molecule has 1 rings (SSSR count). The van der Waals surface area contributed by atoms with E-state index >= 15 is 0 Å². The van der Waals surface area contributed by atoms with Gasteiger partial charge in [-0.15, -0.1) is 0 Å². The van der Waals surface area contributed by atoms with Crippen molar-refractivity contribution in [2.45, 2.75) is 0 Å². The monoisotopic (exact) mass is 256 g/mol. The molecule has 0 aromatic carbocycles. The lowest BCUT2D eigenvalue weighted by atomic mass is 10.8. The Hall–Kier alpha value is 0.220. The average Bonchev–Trinajstić information content (AvgIpc) is 1.90. The van der Waals surface area contributed by atoms with Crippen molar-refractivity contribution < 1.29 is 4.84 Å². The van der Waals surface area contributed by atoms with E-state index in [4.69, 9.17) is 10.2 Å². The summed E-state index contributed by atoms with van der Waals surface area (Å²) in [5.74, 6) is 0.907. The summed E-state index contributed by atoms with van der Waals surface area (Å²) in [6.07, 6.45) is 0. The van der Waals surface area contributed by atoms with Crippen LogP contribution in [0, 0.1) is 5.41 Å². The fraction of sp³-hybridized carbons (Fsp3) is 0.500. The summed E-state index contributed by atoms with van der Waals surface area (Å²) in [6.45, 7) is 0.665. The molecule has 3 nitrogen and oxygen atoms in total. The maximum Gasteiger partial charge on any atom is 0.167 e. The molecule has 0 unspecified atom stereocenters. The van der Waals surface area contributed by atoms with Crippen LogP contribution in [0.2, 0.25) is 0 Å².